The van der Waals surface area contributed by atoms with Crippen LogP contribution in [0.2, 0.25) is 0 Å². The highest BCUT2D eigenvalue weighted by atomic mass is 19.1. The zero-order valence-electron chi connectivity index (χ0n) is 13.8. The Kier molecular flexibility index (Phi) is 6.68. The van der Waals surface area contributed by atoms with Gasteiger partial charge in [0.2, 0.25) is 0 Å². The van der Waals surface area contributed by atoms with Crippen molar-refractivity contribution in [3.8, 4) is 0 Å². The number of rotatable bonds is 8. The van der Waals surface area contributed by atoms with Crippen molar-refractivity contribution in [2.45, 2.75) is 33.5 Å². The summed E-state index contributed by atoms with van der Waals surface area (Å²) >= 11 is 0. The Morgan fingerprint density at radius 2 is 1.52 bits per heavy atom. The van der Waals surface area contributed by atoms with Gasteiger partial charge >= 0.3 is 0 Å². The normalized spacial score (nSPS) is 11.2. The lowest BCUT2D eigenvalue weighted by Crippen LogP contribution is -2.22. The second-order valence-electron chi connectivity index (χ2n) is 5.62. The Labute approximate surface area is 137 Å². The molecule has 0 saturated carbocycles. The molecule has 2 aromatic rings. The molecule has 0 aromatic heterocycles. The first kappa shape index (κ1) is 17.6. The van der Waals surface area contributed by atoms with Crippen molar-refractivity contribution >= 4 is 0 Å². The summed E-state index contributed by atoms with van der Waals surface area (Å²) < 4.78 is 26.6. The Morgan fingerprint density at radius 1 is 0.870 bits per heavy atom. The maximum atomic E-state index is 13.5. The van der Waals surface area contributed by atoms with Crippen molar-refractivity contribution in [2.75, 3.05) is 13.1 Å². The third-order valence-corrected chi connectivity index (χ3v) is 3.98. The van der Waals surface area contributed by atoms with Gasteiger partial charge in [0.05, 0.1) is 0 Å². The third kappa shape index (κ3) is 5.41. The molecule has 23 heavy (non-hydrogen) atoms. The summed E-state index contributed by atoms with van der Waals surface area (Å²) in [7, 11) is 0. The van der Waals surface area contributed by atoms with E-state index in [1.165, 1.54) is 11.6 Å². The molecule has 0 aliphatic carbocycles. The first-order valence-electron chi connectivity index (χ1n) is 8.07. The van der Waals surface area contributed by atoms with Crippen LogP contribution in [-0.4, -0.2) is 18.0 Å². The topological polar surface area (TPSA) is 15.3 Å². The van der Waals surface area contributed by atoms with Crippen LogP contribution in [0.4, 0.5) is 8.78 Å². The van der Waals surface area contributed by atoms with Gasteiger partial charge in [-0.2, -0.15) is 0 Å². The number of benzene rings is 2. The minimum Gasteiger partial charge on any atom is -0.309 e. The molecule has 1 N–H and O–H groups in total. The van der Waals surface area contributed by atoms with Gasteiger partial charge in [-0.25, -0.2) is 8.78 Å². The van der Waals surface area contributed by atoms with Crippen LogP contribution in [0.3, 0.4) is 0 Å². The Balaban J connectivity index is 1.85. The predicted octanol–water partition coefficient (Wildman–Crippen LogP) is 4.10. The van der Waals surface area contributed by atoms with Crippen LogP contribution in [-0.2, 0) is 19.6 Å². The molecule has 0 saturated heterocycles. The van der Waals surface area contributed by atoms with E-state index in [0.717, 1.165) is 37.3 Å². The lowest BCUT2D eigenvalue weighted by Gasteiger charge is -2.18. The molecule has 4 heteroatoms. The van der Waals surface area contributed by atoms with E-state index in [0.29, 0.717) is 18.7 Å². The van der Waals surface area contributed by atoms with Crippen LogP contribution >= 0.6 is 0 Å². The molecule has 0 unspecified atom stereocenters. The van der Waals surface area contributed by atoms with Gasteiger partial charge in [0, 0.05) is 25.2 Å². The third-order valence-electron chi connectivity index (χ3n) is 3.98. The van der Waals surface area contributed by atoms with Crippen LogP contribution in [0.15, 0.2) is 42.5 Å². The van der Waals surface area contributed by atoms with E-state index in [1.807, 2.05) is 0 Å². The lowest BCUT2D eigenvalue weighted by atomic mass is 10.1. The first-order valence-corrected chi connectivity index (χ1v) is 8.07. The zero-order valence-corrected chi connectivity index (χ0v) is 13.8. The summed E-state index contributed by atoms with van der Waals surface area (Å²) in [6.45, 7) is 8.29. The van der Waals surface area contributed by atoms with E-state index >= 15 is 0 Å². The largest absolute Gasteiger partial charge is 0.309 e. The fraction of sp³-hybridized carbons (Fsp3) is 0.368. The number of nitrogens with zero attached hydrogens (tertiary/aromatic N) is 1. The summed E-state index contributed by atoms with van der Waals surface area (Å²) in [6, 6.07) is 11.9. The number of nitrogens with one attached hydrogen (secondary N) is 1. The SMILES string of the molecule is CCN(CC)Cc1ccc(CNCc2cc(F)ccc2F)cc1. The van der Waals surface area contributed by atoms with Gasteiger partial charge in [-0.3, -0.25) is 4.90 Å². The highest BCUT2D eigenvalue weighted by Gasteiger charge is 2.04. The highest BCUT2D eigenvalue weighted by Crippen LogP contribution is 2.11. The first-order chi connectivity index (χ1) is 11.1. The molecule has 0 atom stereocenters. The maximum Gasteiger partial charge on any atom is 0.127 e. The fourth-order valence-corrected chi connectivity index (χ4v) is 2.49. The molecule has 0 radical (unpaired) electrons. The molecule has 0 fully saturated rings. The molecular formula is C19H24F2N2. The number of hydrogen-bond acceptors (Lipinski definition) is 2. The van der Waals surface area contributed by atoms with Crippen molar-refractivity contribution in [3.63, 3.8) is 0 Å². The van der Waals surface area contributed by atoms with Crippen LogP contribution in [0.1, 0.15) is 30.5 Å². The van der Waals surface area contributed by atoms with E-state index in [1.54, 1.807) is 0 Å². The van der Waals surface area contributed by atoms with Gasteiger partial charge in [-0.05, 0) is 42.4 Å². The summed E-state index contributed by atoms with van der Waals surface area (Å²) in [5.74, 6) is -0.794. The smallest absolute Gasteiger partial charge is 0.127 e. The van der Waals surface area contributed by atoms with Gasteiger partial charge in [0.15, 0.2) is 0 Å². The Morgan fingerprint density at radius 3 is 2.17 bits per heavy atom. The Bertz CT molecular complexity index is 607. The monoisotopic (exact) mass is 318 g/mol. The molecule has 124 valence electrons. The van der Waals surface area contributed by atoms with E-state index in [9.17, 15) is 8.78 Å². The quantitative estimate of drug-likeness (QED) is 0.788. The van der Waals surface area contributed by atoms with Gasteiger partial charge in [0.25, 0.3) is 0 Å². The average Bonchev–Trinajstić information content (AvgIpc) is 2.57. The molecule has 0 bridgehead atoms. The maximum absolute atomic E-state index is 13.5. The van der Waals surface area contributed by atoms with E-state index in [4.69, 9.17) is 0 Å². The zero-order chi connectivity index (χ0) is 16.7. The van der Waals surface area contributed by atoms with E-state index < -0.39 is 5.82 Å². The van der Waals surface area contributed by atoms with Gasteiger partial charge in [-0.1, -0.05) is 38.1 Å². The van der Waals surface area contributed by atoms with Crippen LogP contribution in [0.5, 0.6) is 0 Å². The number of hydrogen-bond donors (Lipinski definition) is 1. The molecule has 0 heterocycles. The van der Waals surface area contributed by atoms with Crippen molar-refractivity contribution in [1.29, 1.82) is 0 Å². The van der Waals surface area contributed by atoms with Crippen molar-refractivity contribution < 1.29 is 8.78 Å². The molecule has 0 spiro atoms. The summed E-state index contributed by atoms with van der Waals surface area (Å²) in [5, 5.41) is 3.15. The molecule has 2 nitrogen and oxygen atoms in total. The number of halogens is 2. The van der Waals surface area contributed by atoms with Crippen LogP contribution in [0, 0.1) is 11.6 Å². The van der Waals surface area contributed by atoms with E-state index in [-0.39, 0.29) is 5.82 Å². The van der Waals surface area contributed by atoms with Crippen molar-refractivity contribution in [2.24, 2.45) is 0 Å². The van der Waals surface area contributed by atoms with Crippen molar-refractivity contribution in [1.82, 2.24) is 10.2 Å². The predicted molar refractivity (Wildman–Crippen MR) is 90.0 cm³/mol. The standard InChI is InChI=1S/C19H24F2N2/c1-3-23(4-2)14-16-7-5-15(6-8-16)12-22-13-17-11-18(20)9-10-19(17)21/h5-11,22H,3-4,12-14H2,1-2H3. The summed E-state index contributed by atoms with van der Waals surface area (Å²) in [6.07, 6.45) is 0. The summed E-state index contributed by atoms with van der Waals surface area (Å²) in [5.41, 5.74) is 2.77. The molecule has 2 aromatic carbocycles. The second kappa shape index (κ2) is 8.75. The molecule has 0 aliphatic heterocycles. The van der Waals surface area contributed by atoms with Crippen molar-refractivity contribution in [3.05, 3.63) is 70.8 Å². The van der Waals surface area contributed by atoms with Gasteiger partial charge < -0.3 is 5.32 Å². The Hall–Kier alpha value is -1.78. The molecule has 0 aliphatic rings. The van der Waals surface area contributed by atoms with E-state index in [2.05, 4.69) is 48.3 Å². The fourth-order valence-electron chi connectivity index (χ4n) is 2.49. The lowest BCUT2D eigenvalue weighted by molar-refractivity contribution is 0.296. The average molecular weight is 318 g/mol. The molecule has 0 amide bonds. The van der Waals surface area contributed by atoms with Crippen LogP contribution in [0.25, 0.3) is 0 Å². The minimum absolute atomic E-state index is 0.310. The second-order valence-corrected chi connectivity index (χ2v) is 5.62. The summed E-state index contributed by atoms with van der Waals surface area (Å²) in [4.78, 5) is 2.36. The van der Waals surface area contributed by atoms with Gasteiger partial charge in [0.1, 0.15) is 11.6 Å². The van der Waals surface area contributed by atoms with Crippen LogP contribution < -0.4 is 5.32 Å². The molecular weight excluding hydrogens is 294 g/mol. The molecule has 2 rings (SSSR count). The van der Waals surface area contributed by atoms with Gasteiger partial charge in [-0.15, -0.1) is 0 Å². The highest BCUT2D eigenvalue weighted by molar-refractivity contribution is 5.23. The minimum atomic E-state index is -0.413.